The predicted octanol–water partition coefficient (Wildman–Crippen LogP) is 2.51. The lowest BCUT2D eigenvalue weighted by molar-refractivity contribution is -0.127. The van der Waals surface area contributed by atoms with Crippen LogP contribution in [0.15, 0.2) is 24.3 Å². The van der Waals surface area contributed by atoms with Gasteiger partial charge in [-0.1, -0.05) is 25.5 Å². The van der Waals surface area contributed by atoms with Gasteiger partial charge in [0.25, 0.3) is 5.91 Å². The molecule has 1 saturated carbocycles. The summed E-state index contributed by atoms with van der Waals surface area (Å²) in [4.78, 5) is 24.5. The first-order valence-electron chi connectivity index (χ1n) is 8.85. The van der Waals surface area contributed by atoms with Crippen LogP contribution in [0.5, 0.6) is 5.75 Å². The quantitative estimate of drug-likeness (QED) is 0.891. The normalized spacial score (nSPS) is 29.3. The number of hydrogen-bond acceptors (Lipinski definition) is 3. The van der Waals surface area contributed by atoms with E-state index in [1.165, 1.54) is 0 Å². The molecule has 0 aromatic heterocycles. The third-order valence-electron chi connectivity index (χ3n) is 5.51. The van der Waals surface area contributed by atoms with Crippen molar-refractivity contribution < 1.29 is 14.3 Å². The van der Waals surface area contributed by atoms with Gasteiger partial charge in [-0.05, 0) is 43.2 Å². The van der Waals surface area contributed by atoms with Gasteiger partial charge in [0.1, 0.15) is 5.75 Å². The van der Waals surface area contributed by atoms with E-state index in [1.54, 1.807) is 19.2 Å². The Balaban J connectivity index is 1.65. The number of benzene rings is 1. The summed E-state index contributed by atoms with van der Waals surface area (Å²) in [6.45, 7) is 2.16. The molecule has 0 radical (unpaired) electrons. The first-order chi connectivity index (χ1) is 11.6. The van der Waals surface area contributed by atoms with Gasteiger partial charge in [0.2, 0.25) is 5.91 Å². The van der Waals surface area contributed by atoms with Gasteiger partial charge in [-0.25, -0.2) is 0 Å². The fourth-order valence-corrected chi connectivity index (χ4v) is 4.25. The van der Waals surface area contributed by atoms with Gasteiger partial charge in [0.15, 0.2) is 0 Å². The van der Waals surface area contributed by atoms with Crippen LogP contribution in [0, 0.1) is 11.8 Å². The van der Waals surface area contributed by atoms with Crippen LogP contribution in [-0.4, -0.2) is 31.0 Å². The first-order valence-corrected chi connectivity index (χ1v) is 8.85. The van der Waals surface area contributed by atoms with Crippen molar-refractivity contribution in [2.24, 2.45) is 11.8 Å². The van der Waals surface area contributed by atoms with E-state index in [9.17, 15) is 9.59 Å². The molecule has 2 amide bonds. The fraction of sp³-hybridized carbons (Fsp3) is 0.579. The van der Waals surface area contributed by atoms with Gasteiger partial charge >= 0.3 is 0 Å². The van der Waals surface area contributed by atoms with Gasteiger partial charge < -0.3 is 15.4 Å². The van der Waals surface area contributed by atoms with Crippen molar-refractivity contribution in [2.45, 2.75) is 51.1 Å². The van der Waals surface area contributed by atoms with E-state index >= 15 is 0 Å². The van der Waals surface area contributed by atoms with Crippen molar-refractivity contribution in [1.29, 1.82) is 0 Å². The van der Waals surface area contributed by atoms with Crippen molar-refractivity contribution >= 4 is 11.8 Å². The molecule has 1 aliphatic carbocycles. The highest BCUT2D eigenvalue weighted by Crippen LogP contribution is 2.37. The number of methoxy groups -OCH3 is 1. The second-order valence-electron chi connectivity index (χ2n) is 6.89. The molecule has 1 aromatic rings. The average molecular weight is 330 g/mol. The minimum absolute atomic E-state index is 0.0968. The monoisotopic (exact) mass is 330 g/mol. The molecule has 2 fully saturated rings. The lowest BCUT2D eigenvalue weighted by atomic mass is 9.70. The second kappa shape index (κ2) is 7.24. The third kappa shape index (κ3) is 3.40. The van der Waals surface area contributed by atoms with Crippen LogP contribution in [0.25, 0.3) is 0 Å². The number of hydrogen-bond donors (Lipinski definition) is 2. The molecular weight excluding hydrogens is 304 g/mol. The van der Waals surface area contributed by atoms with Crippen molar-refractivity contribution in [2.75, 3.05) is 7.11 Å². The molecule has 1 aromatic carbocycles. The van der Waals surface area contributed by atoms with Crippen molar-refractivity contribution in [3.8, 4) is 5.75 Å². The number of piperidine rings is 1. The molecule has 2 aliphatic rings. The average Bonchev–Trinajstić information content (AvgIpc) is 2.60. The Morgan fingerprint density at radius 3 is 2.88 bits per heavy atom. The molecule has 4 atom stereocenters. The van der Waals surface area contributed by atoms with Gasteiger partial charge in [0.05, 0.1) is 12.7 Å². The van der Waals surface area contributed by atoms with E-state index in [2.05, 4.69) is 17.6 Å². The molecule has 5 nitrogen and oxygen atoms in total. The molecule has 3 rings (SSSR count). The Hall–Kier alpha value is -2.04. The van der Waals surface area contributed by atoms with E-state index in [-0.39, 0.29) is 23.9 Å². The Kier molecular flexibility index (Phi) is 5.07. The van der Waals surface area contributed by atoms with E-state index in [0.29, 0.717) is 29.6 Å². The molecule has 5 heteroatoms. The Labute approximate surface area is 143 Å². The second-order valence-corrected chi connectivity index (χ2v) is 6.89. The minimum Gasteiger partial charge on any atom is -0.496 e. The standard InChI is InChI=1S/C19H26N2O3/c1-3-12-10-18(22)21-16-11-13(8-9-14(12)16)20-19(23)15-6-4-5-7-17(15)24-2/h4-7,12-14,16H,3,8-11H2,1-2H3,(H,20,23)(H,21,22). The zero-order chi connectivity index (χ0) is 17.1. The number of ether oxygens (including phenoxy) is 1. The molecule has 0 spiro atoms. The van der Waals surface area contributed by atoms with E-state index in [4.69, 9.17) is 4.74 Å². The summed E-state index contributed by atoms with van der Waals surface area (Å²) >= 11 is 0. The van der Waals surface area contributed by atoms with E-state index in [1.807, 2.05) is 12.1 Å². The Morgan fingerprint density at radius 1 is 1.33 bits per heavy atom. The number of nitrogens with one attached hydrogen (secondary N) is 2. The molecule has 130 valence electrons. The van der Waals surface area contributed by atoms with Gasteiger partial charge in [-0.15, -0.1) is 0 Å². The number of amides is 2. The Bertz CT molecular complexity index is 616. The van der Waals surface area contributed by atoms with Gasteiger partial charge in [-0.2, -0.15) is 0 Å². The molecule has 0 bridgehead atoms. The summed E-state index contributed by atoms with van der Waals surface area (Å²) in [5.41, 5.74) is 0.557. The summed E-state index contributed by atoms with van der Waals surface area (Å²) in [6, 6.07) is 7.53. The highest BCUT2D eigenvalue weighted by molar-refractivity contribution is 5.97. The zero-order valence-electron chi connectivity index (χ0n) is 14.4. The number of carbonyl (C=O) groups is 2. The van der Waals surface area contributed by atoms with Crippen LogP contribution in [0.1, 0.15) is 49.4 Å². The fourth-order valence-electron chi connectivity index (χ4n) is 4.25. The summed E-state index contributed by atoms with van der Waals surface area (Å²) < 4.78 is 5.27. The maximum Gasteiger partial charge on any atom is 0.255 e. The maximum absolute atomic E-state index is 12.6. The zero-order valence-corrected chi connectivity index (χ0v) is 14.4. The SMILES string of the molecule is CCC1CC(=O)NC2CC(NC(=O)c3ccccc3OC)CCC12. The van der Waals surface area contributed by atoms with E-state index < -0.39 is 0 Å². The molecule has 24 heavy (non-hydrogen) atoms. The summed E-state index contributed by atoms with van der Waals surface area (Å²) in [5.74, 6) is 1.66. The number of para-hydroxylation sites is 1. The van der Waals surface area contributed by atoms with Crippen molar-refractivity contribution in [3.63, 3.8) is 0 Å². The Morgan fingerprint density at radius 2 is 2.12 bits per heavy atom. The van der Waals surface area contributed by atoms with Crippen LogP contribution in [0.3, 0.4) is 0 Å². The lowest BCUT2D eigenvalue weighted by Gasteiger charge is -2.44. The molecule has 1 aliphatic heterocycles. The van der Waals surface area contributed by atoms with Gasteiger partial charge in [-0.3, -0.25) is 9.59 Å². The van der Waals surface area contributed by atoms with Crippen molar-refractivity contribution in [1.82, 2.24) is 10.6 Å². The molecule has 2 N–H and O–H groups in total. The van der Waals surface area contributed by atoms with Crippen molar-refractivity contribution in [3.05, 3.63) is 29.8 Å². The third-order valence-corrected chi connectivity index (χ3v) is 5.51. The van der Waals surface area contributed by atoms with Crippen LogP contribution in [0.2, 0.25) is 0 Å². The number of carbonyl (C=O) groups excluding carboxylic acids is 2. The predicted molar refractivity (Wildman–Crippen MR) is 91.9 cm³/mol. The topological polar surface area (TPSA) is 67.4 Å². The molecule has 4 unspecified atom stereocenters. The largest absolute Gasteiger partial charge is 0.496 e. The van der Waals surface area contributed by atoms with Crippen LogP contribution in [-0.2, 0) is 4.79 Å². The summed E-state index contributed by atoms with van der Waals surface area (Å²) in [5, 5.41) is 6.25. The number of rotatable bonds is 4. The van der Waals surface area contributed by atoms with Crippen LogP contribution >= 0.6 is 0 Å². The smallest absolute Gasteiger partial charge is 0.255 e. The lowest BCUT2D eigenvalue weighted by Crippen LogP contribution is -2.55. The minimum atomic E-state index is -0.106. The van der Waals surface area contributed by atoms with Crippen LogP contribution < -0.4 is 15.4 Å². The summed E-state index contributed by atoms with van der Waals surface area (Å²) in [7, 11) is 1.57. The number of fused-ring (bicyclic) bond motifs is 1. The first kappa shape index (κ1) is 16.8. The summed E-state index contributed by atoms with van der Waals surface area (Å²) in [6.07, 6.45) is 4.53. The highest BCUT2D eigenvalue weighted by atomic mass is 16.5. The molecular formula is C19H26N2O3. The van der Waals surface area contributed by atoms with Gasteiger partial charge in [0, 0.05) is 18.5 Å². The highest BCUT2D eigenvalue weighted by Gasteiger charge is 2.40. The molecule has 1 heterocycles. The molecule has 1 saturated heterocycles. The van der Waals surface area contributed by atoms with Crippen LogP contribution in [0.4, 0.5) is 0 Å². The van der Waals surface area contributed by atoms with E-state index in [0.717, 1.165) is 25.7 Å². The maximum atomic E-state index is 12.6.